The van der Waals surface area contributed by atoms with Gasteiger partial charge in [0, 0.05) is 18.4 Å². The Morgan fingerprint density at radius 3 is 2.60 bits per heavy atom. The Bertz CT molecular complexity index is 436. The number of rotatable bonds is 4. The van der Waals surface area contributed by atoms with E-state index in [1.165, 1.54) is 0 Å². The molecule has 1 aromatic heterocycles. The highest BCUT2D eigenvalue weighted by Gasteiger charge is 2.32. The molecule has 0 radical (unpaired) electrons. The number of nitrogens with zero attached hydrogens (tertiary/aromatic N) is 1. The van der Waals surface area contributed by atoms with Crippen molar-refractivity contribution in [2.45, 2.75) is 58.0 Å². The smallest absolute Gasteiger partial charge is 0.407 e. The first kappa shape index (κ1) is 14.8. The Labute approximate surface area is 119 Å². The van der Waals surface area contributed by atoms with Gasteiger partial charge < -0.3 is 14.8 Å². The second-order valence-corrected chi connectivity index (χ2v) is 6.10. The molecule has 0 aliphatic heterocycles. The fourth-order valence-corrected chi connectivity index (χ4v) is 1.99. The first-order chi connectivity index (χ1) is 9.42. The van der Waals surface area contributed by atoms with Gasteiger partial charge in [-0.15, -0.1) is 0 Å². The second-order valence-electron chi connectivity index (χ2n) is 6.10. The Hall–Kier alpha value is -1.62. The Kier molecular flexibility index (Phi) is 4.60. The van der Waals surface area contributed by atoms with Crippen molar-refractivity contribution < 1.29 is 14.3 Å². The Morgan fingerprint density at radius 1 is 1.35 bits per heavy atom. The summed E-state index contributed by atoms with van der Waals surface area (Å²) in [5, 5.41) is 2.85. The lowest BCUT2D eigenvalue weighted by Gasteiger charge is -2.35. The maximum absolute atomic E-state index is 11.6. The van der Waals surface area contributed by atoms with Gasteiger partial charge in [-0.3, -0.25) is 4.98 Å². The number of amides is 1. The summed E-state index contributed by atoms with van der Waals surface area (Å²) in [4.78, 5) is 15.5. The van der Waals surface area contributed by atoms with Crippen molar-refractivity contribution in [2.24, 2.45) is 0 Å². The number of ether oxygens (including phenoxy) is 2. The van der Waals surface area contributed by atoms with E-state index in [0.717, 1.165) is 18.4 Å². The fourth-order valence-electron chi connectivity index (χ4n) is 1.99. The lowest BCUT2D eigenvalue weighted by Crippen LogP contribution is -2.49. The van der Waals surface area contributed by atoms with Crippen molar-refractivity contribution in [3.8, 4) is 0 Å². The topological polar surface area (TPSA) is 60.5 Å². The molecule has 1 aliphatic carbocycles. The van der Waals surface area contributed by atoms with Crippen LogP contribution in [0.15, 0.2) is 24.5 Å². The Balaban J connectivity index is 1.62. The van der Waals surface area contributed by atoms with Crippen LogP contribution in [0.1, 0.15) is 39.2 Å². The molecule has 1 aromatic rings. The highest BCUT2D eigenvalue weighted by molar-refractivity contribution is 5.68. The summed E-state index contributed by atoms with van der Waals surface area (Å²) in [5.74, 6) is 0. The van der Waals surface area contributed by atoms with Crippen LogP contribution in [0.25, 0.3) is 0 Å². The quantitative estimate of drug-likeness (QED) is 0.919. The zero-order valence-electron chi connectivity index (χ0n) is 12.3. The van der Waals surface area contributed by atoms with Crippen molar-refractivity contribution in [3.63, 3.8) is 0 Å². The summed E-state index contributed by atoms with van der Waals surface area (Å²) in [6.45, 7) is 6.16. The van der Waals surface area contributed by atoms with Crippen molar-refractivity contribution in [2.75, 3.05) is 0 Å². The van der Waals surface area contributed by atoms with Gasteiger partial charge in [0.05, 0.1) is 12.7 Å². The minimum absolute atomic E-state index is 0.160. The monoisotopic (exact) mass is 278 g/mol. The van der Waals surface area contributed by atoms with Crippen molar-refractivity contribution in [1.82, 2.24) is 10.3 Å². The number of nitrogens with one attached hydrogen (secondary N) is 1. The minimum atomic E-state index is -0.453. The predicted octanol–water partition coefficient (Wildman–Crippen LogP) is 2.65. The van der Waals surface area contributed by atoms with Crippen LogP contribution >= 0.6 is 0 Å². The highest BCUT2D eigenvalue weighted by Crippen LogP contribution is 2.24. The summed E-state index contributed by atoms with van der Waals surface area (Å²) in [5.41, 5.74) is 0.661. The third kappa shape index (κ3) is 4.81. The SMILES string of the molecule is CC(C)(C)OC(=O)NC1CC(OCc2ccncc2)C1. The van der Waals surface area contributed by atoms with Gasteiger partial charge in [-0.05, 0) is 51.3 Å². The third-order valence-corrected chi connectivity index (χ3v) is 3.05. The standard InChI is InChI=1S/C15H22N2O3/c1-15(2,3)20-14(18)17-12-8-13(9-12)19-10-11-4-6-16-7-5-11/h4-7,12-13H,8-10H2,1-3H3,(H,17,18). The molecular formula is C15H22N2O3. The van der Waals surface area contributed by atoms with Gasteiger partial charge in [-0.25, -0.2) is 4.79 Å². The van der Waals surface area contributed by atoms with E-state index in [1.54, 1.807) is 12.4 Å². The summed E-state index contributed by atoms with van der Waals surface area (Å²) in [6.07, 6.45) is 5.05. The molecule has 1 aliphatic rings. The van der Waals surface area contributed by atoms with Gasteiger partial charge in [0.1, 0.15) is 5.60 Å². The van der Waals surface area contributed by atoms with Crippen LogP contribution in [0, 0.1) is 0 Å². The van der Waals surface area contributed by atoms with E-state index in [9.17, 15) is 4.79 Å². The van der Waals surface area contributed by atoms with Crippen molar-refractivity contribution in [1.29, 1.82) is 0 Å². The van der Waals surface area contributed by atoms with E-state index in [2.05, 4.69) is 10.3 Å². The average Bonchev–Trinajstić information content (AvgIpc) is 2.31. The number of carbonyl (C=O) groups is 1. The molecule has 0 spiro atoms. The summed E-state index contributed by atoms with van der Waals surface area (Å²) < 4.78 is 11.0. The van der Waals surface area contributed by atoms with Gasteiger partial charge in [0.2, 0.25) is 0 Å². The zero-order chi connectivity index (χ0) is 14.6. The van der Waals surface area contributed by atoms with Crippen LogP contribution in [0.4, 0.5) is 4.79 Å². The van der Waals surface area contributed by atoms with Crippen LogP contribution in [0.3, 0.4) is 0 Å². The normalized spacial score (nSPS) is 21.9. The molecule has 1 fully saturated rings. The maximum Gasteiger partial charge on any atom is 0.407 e. The van der Waals surface area contributed by atoms with Crippen molar-refractivity contribution in [3.05, 3.63) is 30.1 Å². The molecule has 0 aromatic carbocycles. The molecule has 1 saturated carbocycles. The number of pyridine rings is 1. The minimum Gasteiger partial charge on any atom is -0.444 e. The van der Waals surface area contributed by atoms with Crippen LogP contribution in [0.5, 0.6) is 0 Å². The first-order valence-corrected chi connectivity index (χ1v) is 6.92. The molecule has 1 N–H and O–H groups in total. The van der Waals surface area contributed by atoms with Crippen LogP contribution < -0.4 is 5.32 Å². The van der Waals surface area contributed by atoms with E-state index in [0.29, 0.717) is 6.61 Å². The second kappa shape index (κ2) is 6.22. The Morgan fingerprint density at radius 2 is 2.00 bits per heavy atom. The largest absolute Gasteiger partial charge is 0.444 e. The van der Waals surface area contributed by atoms with Gasteiger partial charge in [0.15, 0.2) is 0 Å². The molecule has 5 heteroatoms. The summed E-state index contributed by atoms with van der Waals surface area (Å²) in [7, 11) is 0. The molecule has 5 nitrogen and oxygen atoms in total. The number of hydrogen-bond donors (Lipinski definition) is 1. The molecule has 0 bridgehead atoms. The van der Waals surface area contributed by atoms with Gasteiger partial charge >= 0.3 is 6.09 Å². The van der Waals surface area contributed by atoms with Gasteiger partial charge in [-0.1, -0.05) is 0 Å². The van der Waals surface area contributed by atoms with E-state index < -0.39 is 5.60 Å². The number of carbonyl (C=O) groups excluding carboxylic acids is 1. The molecule has 0 saturated heterocycles. The molecule has 0 unspecified atom stereocenters. The van der Waals surface area contributed by atoms with Crippen LogP contribution in [0.2, 0.25) is 0 Å². The van der Waals surface area contributed by atoms with Crippen molar-refractivity contribution >= 4 is 6.09 Å². The van der Waals surface area contributed by atoms with E-state index in [-0.39, 0.29) is 18.2 Å². The number of aromatic nitrogens is 1. The predicted molar refractivity (Wildman–Crippen MR) is 75.2 cm³/mol. The first-order valence-electron chi connectivity index (χ1n) is 6.92. The molecule has 1 amide bonds. The fraction of sp³-hybridized carbons (Fsp3) is 0.600. The molecule has 1 heterocycles. The van der Waals surface area contributed by atoms with Crippen LogP contribution in [-0.2, 0) is 16.1 Å². The van der Waals surface area contributed by atoms with Gasteiger partial charge in [-0.2, -0.15) is 0 Å². The summed E-state index contributed by atoms with van der Waals surface area (Å²) >= 11 is 0. The molecule has 0 atom stereocenters. The van der Waals surface area contributed by atoms with E-state index in [1.807, 2.05) is 32.9 Å². The maximum atomic E-state index is 11.6. The van der Waals surface area contributed by atoms with E-state index in [4.69, 9.17) is 9.47 Å². The highest BCUT2D eigenvalue weighted by atomic mass is 16.6. The van der Waals surface area contributed by atoms with E-state index >= 15 is 0 Å². The molecule has 110 valence electrons. The average molecular weight is 278 g/mol. The molecule has 20 heavy (non-hydrogen) atoms. The number of alkyl carbamates (subject to hydrolysis) is 1. The summed E-state index contributed by atoms with van der Waals surface area (Å²) in [6, 6.07) is 4.04. The zero-order valence-corrected chi connectivity index (χ0v) is 12.3. The lowest BCUT2D eigenvalue weighted by atomic mass is 9.89. The van der Waals surface area contributed by atoms with Gasteiger partial charge in [0.25, 0.3) is 0 Å². The molecular weight excluding hydrogens is 256 g/mol. The third-order valence-electron chi connectivity index (χ3n) is 3.05. The van der Waals surface area contributed by atoms with Crippen LogP contribution in [-0.4, -0.2) is 28.8 Å². The lowest BCUT2D eigenvalue weighted by molar-refractivity contribution is -0.0291. The number of hydrogen-bond acceptors (Lipinski definition) is 4. The molecule has 2 rings (SSSR count).